The van der Waals surface area contributed by atoms with Crippen LogP contribution in [0.25, 0.3) is 94.8 Å². The molecule has 0 saturated carbocycles. The summed E-state index contributed by atoms with van der Waals surface area (Å²) >= 11 is 0. The van der Waals surface area contributed by atoms with Gasteiger partial charge in [0.05, 0.1) is 11.4 Å². The molecule has 0 aliphatic heterocycles. The van der Waals surface area contributed by atoms with E-state index < -0.39 is 0 Å². The molecular weight excluding hydrogens is 623 g/mol. The molecule has 0 atom stereocenters. The van der Waals surface area contributed by atoms with E-state index in [9.17, 15) is 0 Å². The van der Waals surface area contributed by atoms with Crippen molar-refractivity contribution < 1.29 is 0 Å². The van der Waals surface area contributed by atoms with Gasteiger partial charge in [0, 0.05) is 33.0 Å². The van der Waals surface area contributed by atoms with E-state index in [0.717, 1.165) is 83.1 Å². The number of nitrogens with zero attached hydrogens (tertiary/aromatic N) is 5. The van der Waals surface area contributed by atoms with Crippen molar-refractivity contribution in [2.24, 2.45) is 0 Å². The third-order valence-electron chi connectivity index (χ3n) is 9.63. The number of aromatic nitrogens is 5. The molecule has 0 N–H and O–H groups in total. The van der Waals surface area contributed by atoms with Crippen molar-refractivity contribution in [3.8, 4) is 56.8 Å². The maximum Gasteiger partial charge on any atom is 0.178 e. The van der Waals surface area contributed by atoms with Gasteiger partial charge in [0.15, 0.2) is 11.6 Å². The first-order valence-electron chi connectivity index (χ1n) is 17.1. The molecule has 0 saturated heterocycles. The summed E-state index contributed by atoms with van der Waals surface area (Å²) in [6.45, 7) is 0. The third-order valence-corrected chi connectivity index (χ3v) is 9.63. The molecule has 7 aromatic carbocycles. The molecule has 10 aromatic rings. The van der Waals surface area contributed by atoms with Gasteiger partial charge < -0.3 is 0 Å². The minimum absolute atomic E-state index is 0.604. The first-order valence-corrected chi connectivity index (χ1v) is 17.1. The van der Waals surface area contributed by atoms with Crippen LogP contribution in [0.2, 0.25) is 0 Å². The van der Waals surface area contributed by atoms with Crippen molar-refractivity contribution >= 4 is 38.0 Å². The number of benzene rings is 7. The summed E-state index contributed by atoms with van der Waals surface area (Å²) in [4.78, 5) is 21.4. The quantitative estimate of drug-likeness (QED) is 0.186. The first-order chi connectivity index (χ1) is 25.3. The van der Waals surface area contributed by atoms with Crippen LogP contribution < -0.4 is 0 Å². The van der Waals surface area contributed by atoms with Crippen LogP contribution in [0.3, 0.4) is 0 Å². The molecule has 0 spiro atoms. The van der Waals surface area contributed by atoms with Crippen LogP contribution in [-0.4, -0.2) is 24.3 Å². The lowest BCUT2D eigenvalue weighted by atomic mass is 9.98. The highest BCUT2D eigenvalue weighted by molar-refractivity contribution is 6.06. The Kier molecular flexibility index (Phi) is 6.74. The number of hydrogen-bond donors (Lipinski definition) is 0. The molecule has 238 valence electrons. The predicted molar refractivity (Wildman–Crippen MR) is 208 cm³/mol. The first kappa shape index (κ1) is 29.0. The summed E-state index contributed by atoms with van der Waals surface area (Å²) in [6, 6.07) is 60.8. The Morgan fingerprint density at radius 3 is 1.45 bits per heavy atom. The summed E-state index contributed by atoms with van der Waals surface area (Å²) in [5.41, 5.74) is 7.38. The zero-order chi connectivity index (χ0) is 33.7. The second kappa shape index (κ2) is 11.9. The second-order valence-electron chi connectivity index (χ2n) is 12.7. The lowest BCUT2D eigenvalue weighted by Crippen LogP contribution is -2.05. The molecule has 5 nitrogen and oxygen atoms in total. The molecule has 0 radical (unpaired) electrons. The summed E-state index contributed by atoms with van der Waals surface area (Å²) in [5, 5.41) is 6.61. The maximum absolute atomic E-state index is 5.43. The Balaban J connectivity index is 1.34. The molecule has 0 unspecified atom stereocenters. The van der Waals surface area contributed by atoms with E-state index in [1.54, 1.807) is 0 Å². The van der Waals surface area contributed by atoms with Gasteiger partial charge in [-0.1, -0.05) is 170 Å². The van der Waals surface area contributed by atoms with E-state index in [0.29, 0.717) is 11.6 Å². The Labute approximate surface area is 294 Å². The van der Waals surface area contributed by atoms with Crippen LogP contribution in [0.5, 0.6) is 0 Å². The average molecular weight is 652 g/mol. The molecule has 0 amide bonds. The molecule has 10 rings (SSSR count). The van der Waals surface area contributed by atoms with Crippen LogP contribution in [0.15, 0.2) is 176 Å². The average Bonchev–Trinajstić information content (AvgIpc) is 3.55. The van der Waals surface area contributed by atoms with E-state index >= 15 is 0 Å². The van der Waals surface area contributed by atoms with Gasteiger partial charge in [-0.15, -0.1) is 0 Å². The minimum atomic E-state index is 0.604. The zero-order valence-electron chi connectivity index (χ0n) is 27.5. The van der Waals surface area contributed by atoms with Gasteiger partial charge in [0.2, 0.25) is 0 Å². The SMILES string of the molecule is c1ccc(-c2nc(-c3ccccc3)n3c(-c4nc(-c5cccc6ccccc56)cc(-c5cccc6ccccc56)n4)c4ccccc4c3n2)cc1. The number of rotatable bonds is 5. The number of hydrogen-bond acceptors (Lipinski definition) is 4. The summed E-state index contributed by atoms with van der Waals surface area (Å²) in [6.07, 6.45) is 0. The Morgan fingerprint density at radius 1 is 0.353 bits per heavy atom. The van der Waals surface area contributed by atoms with Crippen molar-refractivity contribution in [2.75, 3.05) is 0 Å². The maximum atomic E-state index is 5.43. The summed E-state index contributed by atoms with van der Waals surface area (Å²) in [7, 11) is 0. The summed E-state index contributed by atoms with van der Waals surface area (Å²) < 4.78 is 2.15. The molecular formula is C46H29N5. The molecule has 0 fully saturated rings. The van der Waals surface area contributed by atoms with Gasteiger partial charge in [0.25, 0.3) is 0 Å². The van der Waals surface area contributed by atoms with Gasteiger partial charge in [-0.25, -0.2) is 19.9 Å². The number of fused-ring (bicyclic) bond motifs is 5. The van der Waals surface area contributed by atoms with E-state index in [4.69, 9.17) is 19.9 Å². The molecule has 5 heteroatoms. The summed E-state index contributed by atoms with van der Waals surface area (Å²) in [5.74, 6) is 2.04. The highest BCUT2D eigenvalue weighted by Crippen LogP contribution is 2.39. The van der Waals surface area contributed by atoms with Crippen molar-refractivity contribution in [1.82, 2.24) is 24.3 Å². The Hall–Kier alpha value is -6.98. The standard InChI is InChI=1S/C46H29N5/c1-3-17-32(18-4-1)43-49-45(33-19-5-2-6-20-33)51-42(38-25-11-12-26-39(38)46(51)50-43)44-47-40(36-27-13-21-30-15-7-9-23-34(30)36)29-41(48-44)37-28-14-22-31-16-8-10-24-35(31)37/h1-29H. The smallest absolute Gasteiger partial charge is 0.178 e. The predicted octanol–water partition coefficient (Wildman–Crippen LogP) is 11.3. The zero-order valence-corrected chi connectivity index (χ0v) is 27.5. The monoisotopic (exact) mass is 651 g/mol. The van der Waals surface area contributed by atoms with E-state index in [2.05, 4.69) is 144 Å². The van der Waals surface area contributed by atoms with Gasteiger partial charge in [-0.05, 0) is 27.6 Å². The van der Waals surface area contributed by atoms with E-state index in [1.807, 2.05) is 36.4 Å². The molecule has 0 aliphatic rings. The van der Waals surface area contributed by atoms with E-state index in [1.165, 1.54) is 0 Å². The molecule has 51 heavy (non-hydrogen) atoms. The lowest BCUT2D eigenvalue weighted by molar-refractivity contribution is 1.03. The normalized spacial score (nSPS) is 11.5. The van der Waals surface area contributed by atoms with Gasteiger partial charge in [-0.2, -0.15) is 0 Å². The van der Waals surface area contributed by atoms with Crippen molar-refractivity contribution in [1.29, 1.82) is 0 Å². The van der Waals surface area contributed by atoms with Gasteiger partial charge in [0.1, 0.15) is 17.2 Å². The van der Waals surface area contributed by atoms with Crippen LogP contribution in [0, 0.1) is 0 Å². The molecule has 3 heterocycles. The van der Waals surface area contributed by atoms with Crippen LogP contribution in [0.1, 0.15) is 0 Å². The molecule has 0 aliphatic carbocycles. The Morgan fingerprint density at radius 2 is 0.843 bits per heavy atom. The van der Waals surface area contributed by atoms with Gasteiger partial charge in [-0.3, -0.25) is 4.40 Å². The minimum Gasteiger partial charge on any atom is -0.273 e. The van der Waals surface area contributed by atoms with Crippen molar-refractivity contribution in [3.05, 3.63) is 176 Å². The van der Waals surface area contributed by atoms with Crippen LogP contribution in [-0.2, 0) is 0 Å². The van der Waals surface area contributed by atoms with Gasteiger partial charge >= 0.3 is 0 Å². The fourth-order valence-corrected chi connectivity index (χ4v) is 7.27. The molecule has 0 bridgehead atoms. The Bertz CT molecular complexity index is 2800. The van der Waals surface area contributed by atoms with Crippen molar-refractivity contribution in [3.63, 3.8) is 0 Å². The topological polar surface area (TPSA) is 56.0 Å². The lowest BCUT2D eigenvalue weighted by Gasteiger charge is -2.14. The highest BCUT2D eigenvalue weighted by Gasteiger charge is 2.24. The van der Waals surface area contributed by atoms with E-state index in [-0.39, 0.29) is 0 Å². The second-order valence-corrected chi connectivity index (χ2v) is 12.7. The largest absolute Gasteiger partial charge is 0.273 e. The van der Waals surface area contributed by atoms with Crippen molar-refractivity contribution in [2.45, 2.75) is 0 Å². The van der Waals surface area contributed by atoms with Crippen LogP contribution >= 0.6 is 0 Å². The van der Waals surface area contributed by atoms with Crippen LogP contribution in [0.4, 0.5) is 0 Å². The third kappa shape index (κ3) is 4.86. The highest BCUT2D eigenvalue weighted by atomic mass is 15.1. The fraction of sp³-hybridized carbons (Fsp3) is 0. The fourth-order valence-electron chi connectivity index (χ4n) is 7.27. The molecule has 3 aromatic heterocycles.